The van der Waals surface area contributed by atoms with Gasteiger partial charge in [0, 0.05) is 132 Å². The van der Waals surface area contributed by atoms with Crippen LogP contribution in [0.15, 0.2) is 92.4 Å². The predicted molar refractivity (Wildman–Crippen MR) is 392 cm³/mol. The first-order chi connectivity index (χ1) is 45.3. The molecule has 0 fully saturated rings. The molecule has 0 saturated heterocycles. The van der Waals surface area contributed by atoms with Gasteiger partial charge in [0.25, 0.3) is 0 Å². The summed E-state index contributed by atoms with van der Waals surface area (Å²) < 4.78 is 155. The summed E-state index contributed by atoms with van der Waals surface area (Å²) in [6, 6.07) is 16.5. The van der Waals surface area contributed by atoms with Crippen LogP contribution in [0, 0.1) is 0 Å². The summed E-state index contributed by atoms with van der Waals surface area (Å²) in [4.78, 5) is 15.4. The minimum atomic E-state index is -4.79. The average Bonchev–Trinajstić information content (AvgIpc) is 1.53. The van der Waals surface area contributed by atoms with Crippen LogP contribution in [0.2, 0.25) is 40.2 Å². The Bertz CT molecular complexity index is 5150. The van der Waals surface area contributed by atoms with Gasteiger partial charge < -0.3 is 9.97 Å². The molecule has 3 aromatic heterocycles. The first-order valence-corrected chi connectivity index (χ1v) is 40.7. The van der Waals surface area contributed by atoms with Crippen molar-refractivity contribution in [1.82, 2.24) is 41.5 Å². The molecular weight excluding hydrogens is 1500 g/mol. The molecule has 0 saturated carbocycles. The lowest BCUT2D eigenvalue weighted by atomic mass is 10.0. The van der Waals surface area contributed by atoms with Gasteiger partial charge in [-0.3, -0.25) is 0 Å². The minimum absolute atomic E-state index is 0.0221. The molecule has 96 heavy (non-hydrogen) atoms. The smallest absolute Gasteiger partial charge is 0.245 e. The fourth-order valence-electron chi connectivity index (χ4n) is 11.9. The van der Waals surface area contributed by atoms with E-state index < -0.39 is 75.7 Å². The lowest BCUT2D eigenvalue weighted by Crippen LogP contribution is -2.31. The number of nitrogens with one attached hydrogen (secondary N) is 2. The van der Waals surface area contributed by atoms with Crippen LogP contribution in [-0.4, -0.2) is 149 Å². The molecule has 2 aliphatic rings. The van der Waals surface area contributed by atoms with Gasteiger partial charge in [0.15, 0.2) is 0 Å². The highest BCUT2D eigenvalue weighted by Gasteiger charge is 2.39. The maximum Gasteiger partial charge on any atom is 0.245 e. The molecule has 8 bridgehead atoms. The van der Waals surface area contributed by atoms with Gasteiger partial charge in [-0.1, -0.05) is 162 Å². The molecule has 0 aliphatic carbocycles. The quantitative estimate of drug-likeness (QED) is 0.0574. The van der Waals surface area contributed by atoms with E-state index in [0.29, 0.717) is 0 Å². The second kappa shape index (κ2) is 29.5. The van der Waals surface area contributed by atoms with Gasteiger partial charge in [0.1, 0.15) is 24.5 Å². The van der Waals surface area contributed by atoms with Crippen LogP contribution in [0.25, 0.3) is 89.7 Å². The van der Waals surface area contributed by atoms with Crippen molar-refractivity contribution in [2.45, 2.75) is 88.8 Å². The summed E-state index contributed by atoms with van der Waals surface area (Å²) in [6.45, 7) is 16.7. The molecule has 2 N–H and O–H groups in total. The van der Waals surface area contributed by atoms with Crippen LogP contribution < -0.4 is 0 Å². The van der Waals surface area contributed by atoms with Gasteiger partial charge in [-0.15, -0.1) is 0 Å². The van der Waals surface area contributed by atoms with Crippen molar-refractivity contribution in [3.63, 3.8) is 0 Å². The van der Waals surface area contributed by atoms with Gasteiger partial charge >= 0.3 is 0 Å². The van der Waals surface area contributed by atoms with Crippen molar-refractivity contribution in [2.24, 2.45) is 0 Å². The fraction of sp³-hybridized carbons (Fsp3) is 0.312. The molecule has 32 heteroatoms. The maximum absolute atomic E-state index is 15.9. The highest BCUT2D eigenvalue weighted by molar-refractivity contribution is 7.98. The number of aromatic amines is 2. The second-order valence-corrected chi connectivity index (χ2v) is 34.2. The lowest BCUT2D eigenvalue weighted by Gasteiger charge is -2.22. The molecule has 0 unspecified atom stereocenters. The van der Waals surface area contributed by atoms with Crippen LogP contribution >= 0.6 is 92.8 Å². The highest BCUT2D eigenvalue weighted by atomic mass is 35.5. The third-order valence-electron chi connectivity index (χ3n) is 16.7. The van der Waals surface area contributed by atoms with E-state index >= 15 is 8.42 Å². The number of aromatic nitrogens is 4. The van der Waals surface area contributed by atoms with E-state index in [9.17, 15) is 33.7 Å². The zero-order valence-corrected chi connectivity index (χ0v) is 63.6. The van der Waals surface area contributed by atoms with E-state index in [1.165, 1.54) is 90.0 Å². The van der Waals surface area contributed by atoms with E-state index in [2.05, 4.69) is 9.97 Å². The van der Waals surface area contributed by atoms with Crippen LogP contribution in [0.3, 0.4) is 0 Å². The van der Waals surface area contributed by atoms with Crippen molar-refractivity contribution >= 4 is 188 Å². The van der Waals surface area contributed by atoms with Crippen LogP contribution in [0.1, 0.15) is 92.0 Å². The van der Waals surface area contributed by atoms with E-state index in [1.807, 2.05) is 0 Å². The second-order valence-electron chi connectivity index (χ2n) is 21.5. The molecule has 0 radical (unpaired) electrons. The van der Waals surface area contributed by atoms with Crippen LogP contribution in [-0.2, 0) is 50.1 Å². The number of sulfonamides is 5. The molecule has 0 atom stereocenters. The summed E-state index contributed by atoms with van der Waals surface area (Å²) in [6.07, 6.45) is 4.36. The van der Waals surface area contributed by atoms with Crippen LogP contribution in [0.5, 0.6) is 0 Å². The molecule has 7 aromatic rings. The zero-order valence-electron chi connectivity index (χ0n) is 53.5. The Morgan fingerprint density at radius 2 is 0.542 bits per heavy atom. The van der Waals surface area contributed by atoms with Gasteiger partial charge in [-0.2, -0.15) is 21.5 Å². The van der Waals surface area contributed by atoms with Gasteiger partial charge in [-0.25, -0.2) is 52.1 Å². The summed E-state index contributed by atoms with van der Waals surface area (Å²) in [5.41, 5.74) is -1.09. The standard InChI is InChI=1S/C64H67Cl8N9O10S5/c1-11-77(12-2)92(82,83)47-31-21-36(65)52(60(47)69)56-40-25-26-41(73-40)57(53-37(66)22-32-48(61(53)70)93(84,85)78(13-3)14-4)43-29-30-45(75-43)59(55-39(68)24-34-50(63(55)72)95(88,89)80(17-7)18-8)64-51(96(90,91)81(19-9)20-10)35-46(76-64)58(44-28-27-42(56)74-44)54-38(67)23-33-49(62(54)71)94(86,87)79(15-5)16-6/h21-35,74-75H,11-20H2,1-10H3. The van der Waals surface area contributed by atoms with E-state index in [1.54, 1.807) is 87.5 Å². The topological polar surface area (TPSA) is 244 Å². The van der Waals surface area contributed by atoms with Crippen molar-refractivity contribution in [3.8, 4) is 44.5 Å². The first kappa shape index (κ1) is 75.5. The Hall–Kier alpha value is -4.65. The Balaban J connectivity index is 1.67. The molecule has 19 nitrogen and oxygen atoms in total. The number of halogens is 8. The first-order valence-electron chi connectivity index (χ1n) is 30.4. The number of benzene rings is 4. The Morgan fingerprint density at radius 3 is 0.812 bits per heavy atom. The van der Waals surface area contributed by atoms with Crippen molar-refractivity contribution < 1.29 is 42.1 Å². The monoisotopic (exact) mass is 1560 g/mol. The third-order valence-corrected chi connectivity index (χ3v) is 30.4. The summed E-state index contributed by atoms with van der Waals surface area (Å²) >= 11 is 59.2. The number of H-pyrrole nitrogens is 2. The fourth-order valence-corrected chi connectivity index (χ4v) is 23.0. The Morgan fingerprint density at radius 1 is 0.302 bits per heavy atom. The zero-order chi connectivity index (χ0) is 70.6. The lowest BCUT2D eigenvalue weighted by molar-refractivity contribution is 0.444. The number of fused-ring (bicyclic) bond motifs is 8. The van der Waals surface area contributed by atoms with Crippen molar-refractivity contribution in [2.75, 3.05) is 65.4 Å². The van der Waals surface area contributed by atoms with Crippen molar-refractivity contribution in [1.29, 1.82) is 0 Å². The molecular formula is C64H67Cl8N9O10S5. The molecule has 5 heterocycles. The largest absolute Gasteiger partial charge is 0.354 e. The Kier molecular flexibility index (Phi) is 23.2. The number of nitrogens with zero attached hydrogens (tertiary/aromatic N) is 7. The van der Waals surface area contributed by atoms with E-state index in [-0.39, 0.29) is 194 Å². The summed E-state index contributed by atoms with van der Waals surface area (Å²) in [5, 5.41) is -1.99. The molecule has 0 spiro atoms. The normalized spacial score (nSPS) is 13.4. The number of hydrogen-bond donors (Lipinski definition) is 2. The highest BCUT2D eigenvalue weighted by Crippen LogP contribution is 2.52. The molecule has 514 valence electrons. The molecule has 4 aromatic carbocycles. The van der Waals surface area contributed by atoms with E-state index in [0.717, 1.165) is 4.31 Å². The summed E-state index contributed by atoms with van der Waals surface area (Å²) in [5.74, 6) is 0. The number of hydrogen-bond acceptors (Lipinski definition) is 12. The van der Waals surface area contributed by atoms with E-state index in [4.69, 9.17) is 103 Å². The molecule has 9 rings (SSSR count). The predicted octanol–water partition coefficient (Wildman–Crippen LogP) is 16.7. The van der Waals surface area contributed by atoms with Gasteiger partial charge in [-0.05, 0) is 91.0 Å². The Labute approximate surface area is 600 Å². The van der Waals surface area contributed by atoms with Gasteiger partial charge in [0.2, 0.25) is 50.1 Å². The SMILES string of the molecule is CCN(CC)S(=O)(=O)C1=Cc2nc1c(-c1c(Cl)ccc(S(=O)(=O)N(CC)CC)c1Cl)c1ccc([nH]1)c(-c1c(Cl)ccc(S(=O)(=O)N(CC)CC)c1Cl)c1nc(c(-c3c(Cl)ccc(S(=O)(=O)N(CC)CC)c3Cl)c3ccc([nH]3)c2-c2c(Cl)ccc(S(=O)(=O)N(CC)CC)c2Cl)C=C1. The van der Waals surface area contributed by atoms with Crippen molar-refractivity contribution in [3.05, 3.63) is 136 Å². The molecule has 0 amide bonds. The summed E-state index contributed by atoms with van der Waals surface area (Å²) in [7, 11) is -22.4. The van der Waals surface area contributed by atoms with Gasteiger partial charge in [0.05, 0.1) is 63.0 Å². The van der Waals surface area contributed by atoms with Crippen LogP contribution in [0.4, 0.5) is 0 Å². The average molecular weight is 1570 g/mol. The minimum Gasteiger partial charge on any atom is -0.354 e. The maximum atomic E-state index is 15.9. The number of rotatable bonds is 24. The third kappa shape index (κ3) is 13.1. The molecule has 2 aliphatic heterocycles.